The molecule has 1 atom stereocenters. The van der Waals surface area contributed by atoms with E-state index in [1.807, 2.05) is 18.2 Å². The highest BCUT2D eigenvalue weighted by atomic mass is 35.5. The highest BCUT2D eigenvalue weighted by Gasteiger charge is 2.22. The van der Waals surface area contributed by atoms with E-state index in [9.17, 15) is 0 Å². The molecule has 0 saturated heterocycles. The highest BCUT2D eigenvalue weighted by molar-refractivity contribution is 6.31. The number of halogens is 1. The molecule has 0 bridgehead atoms. The van der Waals surface area contributed by atoms with Gasteiger partial charge in [0.25, 0.3) is 0 Å². The van der Waals surface area contributed by atoms with Gasteiger partial charge in [-0.05, 0) is 55.5 Å². The summed E-state index contributed by atoms with van der Waals surface area (Å²) in [5.41, 5.74) is 16.7. The molecule has 0 amide bonds. The molecule has 1 unspecified atom stereocenters. The lowest BCUT2D eigenvalue weighted by Crippen LogP contribution is -2.18. The van der Waals surface area contributed by atoms with E-state index in [-0.39, 0.29) is 6.04 Å². The average Bonchev–Trinajstić information content (AvgIpc) is 2.83. The summed E-state index contributed by atoms with van der Waals surface area (Å²) in [6.45, 7) is 0.605. The van der Waals surface area contributed by atoms with Crippen molar-refractivity contribution in [1.82, 2.24) is 4.98 Å². The maximum Gasteiger partial charge on any atom is 0.0723 e. The molecule has 3 rings (SSSR count). The minimum Gasteiger partial charge on any atom is -0.330 e. The second-order valence-electron chi connectivity index (χ2n) is 5.15. The fourth-order valence-electron chi connectivity index (χ4n) is 3.02. The zero-order chi connectivity index (χ0) is 13.4. The second kappa shape index (κ2) is 5.08. The van der Waals surface area contributed by atoms with Gasteiger partial charge in [-0.15, -0.1) is 0 Å². The van der Waals surface area contributed by atoms with Crippen molar-refractivity contribution in [2.24, 2.45) is 11.5 Å². The van der Waals surface area contributed by atoms with Gasteiger partial charge in [0, 0.05) is 22.1 Å². The Kier molecular flexibility index (Phi) is 3.44. The number of nitrogens with two attached hydrogens (primary N) is 2. The average molecular weight is 276 g/mol. The molecule has 1 aliphatic rings. The third-order valence-electron chi connectivity index (χ3n) is 3.87. The first-order valence-corrected chi connectivity index (χ1v) is 7.15. The summed E-state index contributed by atoms with van der Waals surface area (Å²) in [4.78, 5) is 4.75. The van der Waals surface area contributed by atoms with Crippen LogP contribution in [-0.2, 0) is 12.8 Å². The number of aromatic nitrogens is 1. The Morgan fingerprint density at radius 3 is 2.95 bits per heavy atom. The fraction of sp³-hybridized carbons (Fsp3) is 0.400. The Labute approximate surface area is 117 Å². The van der Waals surface area contributed by atoms with Crippen molar-refractivity contribution in [3.8, 4) is 0 Å². The second-order valence-corrected chi connectivity index (χ2v) is 5.59. The summed E-state index contributed by atoms with van der Waals surface area (Å²) in [6.07, 6.45) is 4.08. The summed E-state index contributed by atoms with van der Waals surface area (Å²) >= 11 is 6.07. The number of nitrogens with zero attached hydrogens (tertiary/aromatic N) is 1. The van der Waals surface area contributed by atoms with Gasteiger partial charge in [0.2, 0.25) is 0 Å². The van der Waals surface area contributed by atoms with Crippen LogP contribution in [0.1, 0.15) is 35.7 Å². The van der Waals surface area contributed by atoms with Gasteiger partial charge < -0.3 is 11.5 Å². The zero-order valence-corrected chi connectivity index (χ0v) is 11.6. The Bertz CT molecular complexity index is 624. The summed E-state index contributed by atoms with van der Waals surface area (Å²) in [5, 5.41) is 1.85. The van der Waals surface area contributed by atoms with Crippen molar-refractivity contribution < 1.29 is 0 Å². The van der Waals surface area contributed by atoms with Crippen molar-refractivity contribution in [2.75, 3.05) is 6.54 Å². The molecule has 4 heteroatoms. The monoisotopic (exact) mass is 275 g/mol. The zero-order valence-electron chi connectivity index (χ0n) is 10.8. The minimum atomic E-state index is -0.0106. The summed E-state index contributed by atoms with van der Waals surface area (Å²) in [7, 11) is 0. The van der Waals surface area contributed by atoms with Gasteiger partial charge in [-0.25, -0.2) is 0 Å². The summed E-state index contributed by atoms with van der Waals surface area (Å²) in [5.74, 6) is 0. The van der Waals surface area contributed by atoms with Crippen molar-refractivity contribution in [3.63, 3.8) is 0 Å². The molecular weight excluding hydrogens is 258 g/mol. The highest BCUT2D eigenvalue weighted by Crippen LogP contribution is 2.34. The van der Waals surface area contributed by atoms with Crippen LogP contribution in [0.2, 0.25) is 5.02 Å². The van der Waals surface area contributed by atoms with Crippen LogP contribution in [0.3, 0.4) is 0 Å². The maximum absolute atomic E-state index is 6.34. The number of fused-ring (bicyclic) bond motifs is 2. The van der Waals surface area contributed by atoms with Gasteiger partial charge in [0.15, 0.2) is 0 Å². The molecular formula is C15H18ClN3. The van der Waals surface area contributed by atoms with Crippen LogP contribution >= 0.6 is 11.6 Å². The number of pyridine rings is 1. The van der Waals surface area contributed by atoms with E-state index in [2.05, 4.69) is 0 Å². The number of hydrogen-bond donors (Lipinski definition) is 2. The summed E-state index contributed by atoms with van der Waals surface area (Å²) in [6, 6.07) is 5.86. The van der Waals surface area contributed by atoms with Crippen molar-refractivity contribution in [3.05, 3.63) is 40.0 Å². The lowest BCUT2D eigenvalue weighted by Gasteiger charge is -2.18. The molecule has 1 aliphatic carbocycles. The molecule has 0 saturated carbocycles. The quantitative estimate of drug-likeness (QED) is 0.905. The largest absolute Gasteiger partial charge is 0.330 e. The molecule has 4 N–H and O–H groups in total. The lowest BCUT2D eigenvalue weighted by atomic mass is 9.94. The van der Waals surface area contributed by atoms with Gasteiger partial charge >= 0.3 is 0 Å². The first-order valence-electron chi connectivity index (χ1n) is 6.77. The maximum atomic E-state index is 6.34. The van der Waals surface area contributed by atoms with E-state index in [1.165, 1.54) is 16.8 Å². The van der Waals surface area contributed by atoms with E-state index in [0.29, 0.717) is 6.54 Å². The third kappa shape index (κ3) is 2.22. The first kappa shape index (κ1) is 12.9. The summed E-state index contributed by atoms with van der Waals surface area (Å²) < 4.78 is 0. The SMILES string of the molecule is NCCC(N)c1c2c(nc3cc(Cl)ccc13)CCC2. The van der Waals surface area contributed by atoms with Gasteiger partial charge in [0.1, 0.15) is 0 Å². The van der Waals surface area contributed by atoms with Gasteiger partial charge in [0.05, 0.1) is 5.52 Å². The van der Waals surface area contributed by atoms with Crippen LogP contribution in [-0.4, -0.2) is 11.5 Å². The number of benzene rings is 1. The first-order chi connectivity index (χ1) is 9.20. The van der Waals surface area contributed by atoms with Crippen molar-refractivity contribution >= 4 is 22.5 Å². The molecule has 1 aromatic carbocycles. The molecule has 0 spiro atoms. The number of rotatable bonds is 3. The number of hydrogen-bond acceptors (Lipinski definition) is 3. The third-order valence-corrected chi connectivity index (χ3v) is 4.10. The van der Waals surface area contributed by atoms with Crippen LogP contribution in [0.15, 0.2) is 18.2 Å². The fourth-order valence-corrected chi connectivity index (χ4v) is 3.19. The van der Waals surface area contributed by atoms with E-state index >= 15 is 0 Å². The number of aryl methyl sites for hydroxylation is 1. The topological polar surface area (TPSA) is 64.9 Å². The van der Waals surface area contributed by atoms with Crippen molar-refractivity contribution in [1.29, 1.82) is 0 Å². The normalized spacial score (nSPS) is 15.7. The Morgan fingerprint density at radius 2 is 2.16 bits per heavy atom. The molecule has 1 aromatic heterocycles. The van der Waals surface area contributed by atoms with E-state index in [1.54, 1.807) is 0 Å². The van der Waals surface area contributed by atoms with Gasteiger partial charge in [-0.1, -0.05) is 17.7 Å². The Hall–Kier alpha value is -1.16. The van der Waals surface area contributed by atoms with Gasteiger partial charge in [-0.3, -0.25) is 4.98 Å². The predicted molar refractivity (Wildman–Crippen MR) is 79.4 cm³/mol. The van der Waals surface area contributed by atoms with E-state index < -0.39 is 0 Å². The van der Waals surface area contributed by atoms with E-state index in [0.717, 1.165) is 41.6 Å². The molecule has 0 fully saturated rings. The molecule has 0 radical (unpaired) electrons. The smallest absolute Gasteiger partial charge is 0.0723 e. The molecule has 0 aliphatic heterocycles. The van der Waals surface area contributed by atoms with Gasteiger partial charge in [-0.2, -0.15) is 0 Å². The van der Waals surface area contributed by atoms with Crippen LogP contribution < -0.4 is 11.5 Å². The van der Waals surface area contributed by atoms with Crippen LogP contribution in [0.25, 0.3) is 10.9 Å². The Balaban J connectivity index is 2.26. The molecule has 100 valence electrons. The molecule has 1 heterocycles. The lowest BCUT2D eigenvalue weighted by molar-refractivity contribution is 0.659. The predicted octanol–water partition coefficient (Wildman–Crippen LogP) is 2.73. The minimum absolute atomic E-state index is 0.0106. The van der Waals surface area contributed by atoms with E-state index in [4.69, 9.17) is 28.1 Å². The van der Waals surface area contributed by atoms with Crippen LogP contribution in [0.4, 0.5) is 0 Å². The van der Waals surface area contributed by atoms with Crippen LogP contribution in [0.5, 0.6) is 0 Å². The van der Waals surface area contributed by atoms with Crippen molar-refractivity contribution in [2.45, 2.75) is 31.7 Å². The molecule has 19 heavy (non-hydrogen) atoms. The standard InChI is InChI=1S/C15H18ClN3/c16-9-4-5-11-14(8-9)19-13-3-1-2-10(13)15(11)12(18)6-7-17/h4-5,8,12H,1-3,6-7,17-18H2. The van der Waals surface area contributed by atoms with Crippen LogP contribution in [0, 0.1) is 0 Å². The Morgan fingerprint density at radius 1 is 1.32 bits per heavy atom. The molecule has 2 aromatic rings. The molecule has 3 nitrogen and oxygen atoms in total.